The lowest BCUT2D eigenvalue weighted by atomic mass is 10.1. The first kappa shape index (κ1) is 16.2. The molecular weight excluding hydrogens is 344 g/mol. The fourth-order valence-electron chi connectivity index (χ4n) is 2.61. The number of carbonyl (C=O) groups is 1. The summed E-state index contributed by atoms with van der Waals surface area (Å²) in [5, 5.41) is 12.3. The second-order valence-electron chi connectivity index (χ2n) is 5.76. The summed E-state index contributed by atoms with van der Waals surface area (Å²) in [4.78, 5) is 12.3. The van der Waals surface area contributed by atoms with E-state index in [-0.39, 0.29) is 5.91 Å². The number of nitrogens with one attached hydrogen (secondary N) is 1. The number of hydrogen-bond acceptors (Lipinski definition) is 4. The quantitative estimate of drug-likeness (QED) is 0.581. The lowest BCUT2D eigenvalue weighted by molar-refractivity contribution is -0.115. The molecule has 0 spiro atoms. The minimum Gasteiger partial charge on any atom is -0.324 e. The predicted octanol–water partition coefficient (Wildman–Crippen LogP) is 4.18. The van der Waals surface area contributed by atoms with Crippen molar-refractivity contribution in [3.05, 3.63) is 84.7 Å². The summed E-state index contributed by atoms with van der Waals surface area (Å²) in [5.74, 6) is -0.102. The van der Waals surface area contributed by atoms with E-state index in [0.29, 0.717) is 11.6 Å². The zero-order valence-corrected chi connectivity index (χ0v) is 14.7. The van der Waals surface area contributed by atoms with Crippen molar-refractivity contribution in [1.82, 2.24) is 14.8 Å². The van der Waals surface area contributed by atoms with Gasteiger partial charge in [0.2, 0.25) is 11.0 Å². The van der Waals surface area contributed by atoms with Crippen LogP contribution >= 0.6 is 11.3 Å². The minimum absolute atomic E-state index is 0.102. The molecule has 0 radical (unpaired) electrons. The third-order valence-electron chi connectivity index (χ3n) is 3.90. The highest BCUT2D eigenvalue weighted by Crippen LogP contribution is 2.26. The highest BCUT2D eigenvalue weighted by molar-refractivity contribution is 7.18. The van der Waals surface area contributed by atoms with Crippen molar-refractivity contribution in [2.24, 2.45) is 0 Å². The Bertz CT molecular complexity index is 992. The first-order chi connectivity index (χ1) is 12.8. The van der Waals surface area contributed by atoms with Crippen LogP contribution in [0, 0.1) is 0 Å². The molecule has 0 atom stereocenters. The molecule has 0 aliphatic carbocycles. The summed E-state index contributed by atoms with van der Waals surface area (Å²) in [6, 6.07) is 21.7. The molecule has 26 heavy (non-hydrogen) atoms. The van der Waals surface area contributed by atoms with E-state index in [2.05, 4.69) is 15.5 Å². The van der Waals surface area contributed by atoms with Gasteiger partial charge in [-0.3, -0.25) is 4.79 Å². The molecule has 0 aliphatic rings. The van der Waals surface area contributed by atoms with Gasteiger partial charge in [-0.05, 0) is 29.8 Å². The maximum absolute atomic E-state index is 12.3. The predicted molar refractivity (Wildman–Crippen MR) is 103 cm³/mol. The second-order valence-corrected chi connectivity index (χ2v) is 6.74. The smallest absolute Gasteiger partial charge is 0.230 e. The Balaban J connectivity index is 1.39. The molecule has 0 saturated heterocycles. The summed E-state index contributed by atoms with van der Waals surface area (Å²) in [7, 11) is 0. The number of nitrogens with zero attached hydrogens (tertiary/aromatic N) is 3. The lowest BCUT2D eigenvalue weighted by Crippen LogP contribution is -2.14. The maximum atomic E-state index is 12.3. The lowest BCUT2D eigenvalue weighted by Gasteiger charge is -2.05. The highest BCUT2D eigenvalue weighted by atomic mass is 32.1. The van der Waals surface area contributed by atoms with Crippen LogP contribution < -0.4 is 5.32 Å². The zero-order valence-electron chi connectivity index (χ0n) is 13.9. The standard InChI is InChI=1S/C20H16N4OS/c25-18(14-15-8-10-17(11-9-15)24-12-4-5-13-24)21-20-23-22-19(26-20)16-6-2-1-3-7-16/h1-13H,14H2,(H,21,23,25). The molecule has 4 rings (SSSR count). The molecular formula is C20H16N4OS. The number of hydrogen-bond donors (Lipinski definition) is 1. The van der Waals surface area contributed by atoms with Gasteiger partial charge in [-0.15, -0.1) is 10.2 Å². The summed E-state index contributed by atoms with van der Waals surface area (Å²) in [6.07, 6.45) is 4.27. The number of amides is 1. The van der Waals surface area contributed by atoms with Crippen molar-refractivity contribution >= 4 is 22.4 Å². The zero-order chi connectivity index (χ0) is 17.8. The number of benzene rings is 2. The van der Waals surface area contributed by atoms with E-state index in [1.54, 1.807) is 0 Å². The molecule has 0 bridgehead atoms. The number of carbonyl (C=O) groups excluding carboxylic acids is 1. The Morgan fingerprint density at radius 1 is 0.923 bits per heavy atom. The summed E-state index contributed by atoms with van der Waals surface area (Å²) >= 11 is 1.37. The molecule has 2 aromatic carbocycles. The SMILES string of the molecule is O=C(Cc1ccc(-n2cccc2)cc1)Nc1nnc(-c2ccccc2)s1. The fraction of sp³-hybridized carbons (Fsp3) is 0.0500. The van der Waals surface area contributed by atoms with Crippen LogP contribution in [0.3, 0.4) is 0 Å². The fourth-order valence-corrected chi connectivity index (χ4v) is 3.38. The highest BCUT2D eigenvalue weighted by Gasteiger charge is 2.10. The van der Waals surface area contributed by atoms with Crippen LogP contribution in [0.4, 0.5) is 5.13 Å². The van der Waals surface area contributed by atoms with Crippen molar-refractivity contribution in [3.63, 3.8) is 0 Å². The Kier molecular flexibility index (Phi) is 4.57. The third-order valence-corrected chi connectivity index (χ3v) is 4.78. The Morgan fingerprint density at radius 3 is 2.38 bits per heavy atom. The van der Waals surface area contributed by atoms with E-state index < -0.39 is 0 Å². The van der Waals surface area contributed by atoms with E-state index in [9.17, 15) is 4.79 Å². The average molecular weight is 360 g/mol. The van der Waals surface area contributed by atoms with Gasteiger partial charge >= 0.3 is 0 Å². The van der Waals surface area contributed by atoms with E-state index in [0.717, 1.165) is 21.8 Å². The molecule has 0 unspecified atom stereocenters. The van der Waals surface area contributed by atoms with Gasteiger partial charge in [0.1, 0.15) is 5.01 Å². The molecule has 4 aromatic rings. The van der Waals surface area contributed by atoms with Gasteiger partial charge in [0.25, 0.3) is 0 Å². The number of rotatable bonds is 5. The van der Waals surface area contributed by atoms with Gasteiger partial charge < -0.3 is 9.88 Å². The first-order valence-corrected chi connectivity index (χ1v) is 9.01. The molecule has 0 saturated carbocycles. The van der Waals surface area contributed by atoms with Crippen LogP contribution in [0.2, 0.25) is 0 Å². The normalized spacial score (nSPS) is 10.6. The van der Waals surface area contributed by atoms with Gasteiger partial charge in [-0.25, -0.2) is 0 Å². The monoisotopic (exact) mass is 360 g/mol. The van der Waals surface area contributed by atoms with Crippen LogP contribution in [0.5, 0.6) is 0 Å². The molecule has 128 valence electrons. The first-order valence-electron chi connectivity index (χ1n) is 8.19. The van der Waals surface area contributed by atoms with E-state index in [1.807, 2.05) is 83.7 Å². The number of aromatic nitrogens is 3. The van der Waals surface area contributed by atoms with Crippen molar-refractivity contribution < 1.29 is 4.79 Å². The van der Waals surface area contributed by atoms with Gasteiger partial charge in [0.05, 0.1) is 6.42 Å². The molecule has 2 heterocycles. The van der Waals surface area contributed by atoms with E-state index in [4.69, 9.17) is 0 Å². The largest absolute Gasteiger partial charge is 0.324 e. The molecule has 6 heteroatoms. The number of anilines is 1. The van der Waals surface area contributed by atoms with Crippen molar-refractivity contribution in [2.45, 2.75) is 6.42 Å². The van der Waals surface area contributed by atoms with Gasteiger partial charge in [-0.2, -0.15) is 0 Å². The molecule has 1 amide bonds. The van der Waals surface area contributed by atoms with Gasteiger partial charge in [-0.1, -0.05) is 53.8 Å². The van der Waals surface area contributed by atoms with E-state index in [1.165, 1.54) is 11.3 Å². The van der Waals surface area contributed by atoms with Crippen LogP contribution in [0.1, 0.15) is 5.56 Å². The van der Waals surface area contributed by atoms with Crippen molar-refractivity contribution in [1.29, 1.82) is 0 Å². The topological polar surface area (TPSA) is 59.8 Å². The average Bonchev–Trinajstić information content (AvgIpc) is 3.35. The van der Waals surface area contributed by atoms with Crippen LogP contribution in [0.15, 0.2) is 79.1 Å². The Morgan fingerprint density at radius 2 is 1.65 bits per heavy atom. The van der Waals surface area contributed by atoms with Crippen molar-refractivity contribution in [2.75, 3.05) is 5.32 Å². The minimum atomic E-state index is -0.102. The van der Waals surface area contributed by atoms with Crippen LogP contribution in [0.25, 0.3) is 16.3 Å². The van der Waals surface area contributed by atoms with Crippen LogP contribution in [-0.4, -0.2) is 20.7 Å². The third kappa shape index (κ3) is 3.70. The van der Waals surface area contributed by atoms with E-state index >= 15 is 0 Å². The maximum Gasteiger partial charge on any atom is 0.230 e. The molecule has 1 N–H and O–H groups in total. The van der Waals surface area contributed by atoms with Gasteiger partial charge in [0, 0.05) is 23.6 Å². The van der Waals surface area contributed by atoms with Crippen LogP contribution in [-0.2, 0) is 11.2 Å². The summed E-state index contributed by atoms with van der Waals surface area (Å²) in [6.45, 7) is 0. The Hall–Kier alpha value is -3.25. The van der Waals surface area contributed by atoms with Crippen molar-refractivity contribution in [3.8, 4) is 16.3 Å². The Labute approximate surface area is 155 Å². The molecule has 5 nitrogen and oxygen atoms in total. The molecule has 0 aliphatic heterocycles. The van der Waals surface area contributed by atoms with Gasteiger partial charge in [0.15, 0.2) is 0 Å². The summed E-state index contributed by atoms with van der Waals surface area (Å²) < 4.78 is 2.02. The molecule has 2 aromatic heterocycles. The molecule has 0 fully saturated rings. The second kappa shape index (κ2) is 7.33. The summed E-state index contributed by atoms with van der Waals surface area (Å²) in [5.41, 5.74) is 3.01.